The fraction of sp³-hybridized carbons (Fsp3) is 0.545. The summed E-state index contributed by atoms with van der Waals surface area (Å²) in [6.45, 7) is 5.49. The number of likely N-dealkylation sites (N-methyl/N-ethyl adjacent to an activating group) is 1. The molecule has 0 saturated heterocycles. The highest BCUT2D eigenvalue weighted by molar-refractivity contribution is 5.94. The first-order valence-electron chi connectivity index (χ1n) is 5.15. The van der Waals surface area contributed by atoms with Crippen molar-refractivity contribution in [2.45, 2.75) is 26.9 Å². The lowest BCUT2D eigenvalue weighted by molar-refractivity contribution is 0.0702. The smallest absolute Gasteiger partial charge is 0.257 e. The Kier molecular flexibility index (Phi) is 3.95. The van der Waals surface area contributed by atoms with E-state index in [0.717, 1.165) is 0 Å². The van der Waals surface area contributed by atoms with Crippen LogP contribution in [0.1, 0.15) is 28.8 Å². The highest BCUT2D eigenvalue weighted by Crippen LogP contribution is 2.07. The van der Waals surface area contributed by atoms with Crippen LogP contribution in [-0.4, -0.2) is 45.6 Å². The molecule has 1 rings (SSSR count). The second kappa shape index (κ2) is 5.03. The van der Waals surface area contributed by atoms with Crippen LogP contribution in [0, 0.1) is 13.8 Å². The van der Waals surface area contributed by atoms with Gasteiger partial charge in [-0.05, 0) is 20.8 Å². The molecule has 1 aromatic rings. The summed E-state index contributed by atoms with van der Waals surface area (Å²) in [6, 6.07) is 0. The minimum absolute atomic E-state index is 0.168. The number of amides is 1. The predicted octanol–water partition coefficient (Wildman–Crippen LogP) is 0.546. The number of aryl methyl sites for hydroxylation is 2. The molecule has 1 atom stereocenters. The topological polar surface area (TPSA) is 66.3 Å². The quantitative estimate of drug-likeness (QED) is 0.812. The van der Waals surface area contributed by atoms with Gasteiger partial charge >= 0.3 is 0 Å². The third-order valence-corrected chi connectivity index (χ3v) is 2.21. The maximum Gasteiger partial charge on any atom is 0.257 e. The summed E-state index contributed by atoms with van der Waals surface area (Å²) in [5.41, 5.74) is 1.14. The Bertz CT molecular complexity index is 391. The summed E-state index contributed by atoms with van der Waals surface area (Å²) in [5.74, 6) is 0.477. The van der Waals surface area contributed by atoms with E-state index in [1.807, 2.05) is 0 Å². The molecule has 16 heavy (non-hydrogen) atoms. The van der Waals surface area contributed by atoms with Crippen molar-refractivity contribution < 1.29 is 9.90 Å². The summed E-state index contributed by atoms with van der Waals surface area (Å²) in [5, 5.41) is 9.21. The number of aliphatic hydroxyl groups is 1. The van der Waals surface area contributed by atoms with E-state index in [0.29, 0.717) is 23.6 Å². The molecule has 0 radical (unpaired) electrons. The Hall–Kier alpha value is -1.49. The summed E-state index contributed by atoms with van der Waals surface area (Å²) in [6.07, 6.45) is 0.985. The second-order valence-electron chi connectivity index (χ2n) is 3.95. The first kappa shape index (κ1) is 12.6. The van der Waals surface area contributed by atoms with E-state index in [1.165, 1.54) is 11.1 Å². The normalized spacial score (nSPS) is 12.3. The Labute approximate surface area is 95.1 Å². The fourth-order valence-corrected chi connectivity index (χ4v) is 1.48. The lowest BCUT2D eigenvalue weighted by Crippen LogP contribution is -2.33. The SMILES string of the molecule is Cc1ncc(C(=O)N(C)CC(C)O)c(C)n1. The average molecular weight is 223 g/mol. The summed E-state index contributed by atoms with van der Waals surface area (Å²) in [7, 11) is 1.65. The van der Waals surface area contributed by atoms with E-state index < -0.39 is 6.10 Å². The number of carbonyl (C=O) groups excluding carboxylic acids is 1. The fourth-order valence-electron chi connectivity index (χ4n) is 1.48. The number of aromatic nitrogens is 2. The zero-order valence-corrected chi connectivity index (χ0v) is 10.1. The standard InChI is InChI=1S/C11H17N3O2/c1-7(15)6-14(4)11(16)10-5-12-9(3)13-8(10)2/h5,7,15H,6H2,1-4H3. The molecule has 0 aliphatic carbocycles. The molecule has 1 amide bonds. The van der Waals surface area contributed by atoms with Crippen LogP contribution in [0.3, 0.4) is 0 Å². The van der Waals surface area contributed by atoms with E-state index in [9.17, 15) is 9.90 Å². The van der Waals surface area contributed by atoms with Gasteiger partial charge in [0.15, 0.2) is 0 Å². The van der Waals surface area contributed by atoms with Crippen LogP contribution in [0.15, 0.2) is 6.20 Å². The molecule has 0 bridgehead atoms. The van der Waals surface area contributed by atoms with E-state index in [1.54, 1.807) is 27.8 Å². The van der Waals surface area contributed by atoms with Gasteiger partial charge < -0.3 is 10.0 Å². The zero-order valence-electron chi connectivity index (χ0n) is 10.1. The Morgan fingerprint density at radius 2 is 2.19 bits per heavy atom. The average Bonchev–Trinajstić information content (AvgIpc) is 2.15. The van der Waals surface area contributed by atoms with Crippen molar-refractivity contribution in [3.8, 4) is 0 Å². The summed E-state index contributed by atoms with van der Waals surface area (Å²) < 4.78 is 0. The highest BCUT2D eigenvalue weighted by atomic mass is 16.3. The second-order valence-corrected chi connectivity index (χ2v) is 3.95. The van der Waals surface area contributed by atoms with Gasteiger partial charge in [-0.3, -0.25) is 4.79 Å². The number of carbonyl (C=O) groups is 1. The van der Waals surface area contributed by atoms with Crippen molar-refractivity contribution in [2.75, 3.05) is 13.6 Å². The maximum absolute atomic E-state index is 11.9. The molecule has 5 nitrogen and oxygen atoms in total. The first-order chi connectivity index (χ1) is 7.41. The van der Waals surface area contributed by atoms with Gasteiger partial charge in [0.05, 0.1) is 17.4 Å². The van der Waals surface area contributed by atoms with Gasteiger partial charge in [0.2, 0.25) is 0 Å². The number of nitrogens with zero attached hydrogens (tertiary/aromatic N) is 3. The molecule has 1 N–H and O–H groups in total. The molecule has 0 saturated carbocycles. The lowest BCUT2D eigenvalue weighted by Gasteiger charge is -2.19. The van der Waals surface area contributed by atoms with Gasteiger partial charge in [0.25, 0.3) is 5.91 Å². The highest BCUT2D eigenvalue weighted by Gasteiger charge is 2.16. The number of aliphatic hydroxyl groups excluding tert-OH is 1. The van der Waals surface area contributed by atoms with Crippen molar-refractivity contribution >= 4 is 5.91 Å². The van der Waals surface area contributed by atoms with Gasteiger partial charge in [-0.15, -0.1) is 0 Å². The molecule has 1 unspecified atom stereocenters. The minimum atomic E-state index is -0.541. The molecular weight excluding hydrogens is 206 g/mol. The Morgan fingerprint density at radius 3 is 2.69 bits per heavy atom. The van der Waals surface area contributed by atoms with Gasteiger partial charge in [-0.1, -0.05) is 0 Å². The molecule has 0 spiro atoms. The van der Waals surface area contributed by atoms with Gasteiger partial charge in [-0.25, -0.2) is 9.97 Å². The molecule has 1 heterocycles. The summed E-state index contributed by atoms with van der Waals surface area (Å²) in [4.78, 5) is 21.5. The molecule has 0 fully saturated rings. The lowest BCUT2D eigenvalue weighted by atomic mass is 10.2. The van der Waals surface area contributed by atoms with E-state index >= 15 is 0 Å². The number of hydrogen-bond acceptors (Lipinski definition) is 4. The van der Waals surface area contributed by atoms with Crippen LogP contribution in [-0.2, 0) is 0 Å². The van der Waals surface area contributed by atoms with E-state index in [2.05, 4.69) is 9.97 Å². The van der Waals surface area contributed by atoms with Crippen LogP contribution >= 0.6 is 0 Å². The van der Waals surface area contributed by atoms with Crippen LogP contribution in [0.4, 0.5) is 0 Å². The van der Waals surface area contributed by atoms with Gasteiger partial charge in [0, 0.05) is 19.8 Å². The molecule has 0 aliphatic heterocycles. The monoisotopic (exact) mass is 223 g/mol. The van der Waals surface area contributed by atoms with Gasteiger partial charge in [-0.2, -0.15) is 0 Å². The minimum Gasteiger partial charge on any atom is -0.392 e. The Balaban J connectivity index is 2.88. The molecule has 0 aromatic carbocycles. The zero-order chi connectivity index (χ0) is 12.3. The van der Waals surface area contributed by atoms with E-state index in [-0.39, 0.29) is 5.91 Å². The van der Waals surface area contributed by atoms with Crippen molar-refractivity contribution in [3.63, 3.8) is 0 Å². The van der Waals surface area contributed by atoms with Crippen LogP contribution in [0.2, 0.25) is 0 Å². The molecule has 88 valence electrons. The van der Waals surface area contributed by atoms with Crippen LogP contribution < -0.4 is 0 Å². The summed E-state index contributed by atoms with van der Waals surface area (Å²) >= 11 is 0. The molecule has 5 heteroatoms. The molecule has 0 aliphatic rings. The largest absolute Gasteiger partial charge is 0.392 e. The van der Waals surface area contributed by atoms with Gasteiger partial charge in [0.1, 0.15) is 5.82 Å². The maximum atomic E-state index is 11.9. The van der Waals surface area contributed by atoms with Crippen molar-refractivity contribution in [1.82, 2.24) is 14.9 Å². The van der Waals surface area contributed by atoms with Crippen molar-refractivity contribution in [1.29, 1.82) is 0 Å². The molecular formula is C11H17N3O2. The number of rotatable bonds is 3. The first-order valence-corrected chi connectivity index (χ1v) is 5.15. The van der Waals surface area contributed by atoms with E-state index in [4.69, 9.17) is 0 Å². The molecule has 1 aromatic heterocycles. The van der Waals surface area contributed by atoms with Crippen molar-refractivity contribution in [2.24, 2.45) is 0 Å². The number of hydrogen-bond donors (Lipinski definition) is 1. The third-order valence-electron chi connectivity index (χ3n) is 2.21. The Morgan fingerprint density at radius 1 is 1.56 bits per heavy atom. The van der Waals surface area contributed by atoms with Crippen molar-refractivity contribution in [3.05, 3.63) is 23.3 Å². The third kappa shape index (κ3) is 3.00. The predicted molar refractivity (Wildman–Crippen MR) is 60.1 cm³/mol. The van der Waals surface area contributed by atoms with Crippen LogP contribution in [0.5, 0.6) is 0 Å². The van der Waals surface area contributed by atoms with Crippen LogP contribution in [0.25, 0.3) is 0 Å².